The summed E-state index contributed by atoms with van der Waals surface area (Å²) in [5, 5.41) is 0. The lowest BCUT2D eigenvalue weighted by Crippen LogP contribution is -1.86. The number of rotatable bonds is 0. The van der Waals surface area contributed by atoms with Crippen molar-refractivity contribution in [3.8, 4) is 35.5 Å². The quantitative estimate of drug-likeness (QED) is 0.553. The lowest BCUT2D eigenvalue weighted by atomic mass is 10.0. The first-order chi connectivity index (χ1) is 7.31. The topological polar surface area (TPSA) is 0 Å². The first-order valence-corrected chi connectivity index (χ1v) is 4.65. The molecule has 1 radical (unpaired) electrons. The Bertz CT molecular complexity index is 529. The summed E-state index contributed by atoms with van der Waals surface area (Å²) in [6.45, 7) is 5.42. The predicted molar refractivity (Wildman–Crippen MR) is 62.9 cm³/mol. The van der Waals surface area contributed by atoms with Crippen LogP contribution < -0.4 is 0 Å². The maximum Gasteiger partial charge on any atom is 0.0481 e. The SMILES string of the molecule is CC#Cc1c[c]c(C#CC)c(C#CC)c1. The fraction of sp³-hybridized carbons (Fsp3) is 0.200. The van der Waals surface area contributed by atoms with Crippen LogP contribution in [0.15, 0.2) is 12.1 Å². The molecule has 1 rings (SSSR count). The minimum Gasteiger partial charge on any atom is -0.101 e. The highest BCUT2D eigenvalue weighted by atomic mass is 14.0. The van der Waals surface area contributed by atoms with Crippen LogP contribution in [-0.2, 0) is 0 Å². The van der Waals surface area contributed by atoms with Crippen LogP contribution >= 0.6 is 0 Å². The van der Waals surface area contributed by atoms with Crippen molar-refractivity contribution in [2.45, 2.75) is 20.8 Å². The standard InChI is InChI=1S/C15H11/c1-4-7-13-10-11-14(8-5-2)15(12-13)9-6-3/h10,12H,1-3H3. The molecule has 15 heavy (non-hydrogen) atoms. The van der Waals surface area contributed by atoms with Gasteiger partial charge < -0.3 is 0 Å². The van der Waals surface area contributed by atoms with Gasteiger partial charge in [0, 0.05) is 22.8 Å². The molecular weight excluding hydrogens is 180 g/mol. The molecule has 0 saturated carbocycles. The van der Waals surface area contributed by atoms with E-state index in [0.29, 0.717) is 0 Å². The predicted octanol–water partition coefficient (Wildman–Crippen LogP) is 2.60. The maximum absolute atomic E-state index is 3.10. The van der Waals surface area contributed by atoms with E-state index < -0.39 is 0 Å². The Morgan fingerprint density at radius 3 is 2.20 bits per heavy atom. The van der Waals surface area contributed by atoms with E-state index in [2.05, 4.69) is 41.6 Å². The average Bonchev–Trinajstić information content (AvgIpc) is 2.23. The molecule has 0 heteroatoms. The van der Waals surface area contributed by atoms with Crippen molar-refractivity contribution < 1.29 is 0 Å². The third-order valence-electron chi connectivity index (χ3n) is 1.72. The third-order valence-corrected chi connectivity index (χ3v) is 1.72. The molecule has 0 heterocycles. The fourth-order valence-electron chi connectivity index (χ4n) is 1.18. The Balaban J connectivity index is 3.32. The Hall–Kier alpha value is -2.10. The van der Waals surface area contributed by atoms with Crippen LogP contribution in [0.1, 0.15) is 37.5 Å². The number of hydrogen-bond acceptors (Lipinski definition) is 0. The van der Waals surface area contributed by atoms with Gasteiger partial charge in [-0.3, -0.25) is 0 Å². The van der Waals surface area contributed by atoms with Crippen molar-refractivity contribution in [3.63, 3.8) is 0 Å². The van der Waals surface area contributed by atoms with Crippen molar-refractivity contribution in [2.24, 2.45) is 0 Å². The van der Waals surface area contributed by atoms with Crippen LogP contribution in [-0.4, -0.2) is 0 Å². The highest BCUT2D eigenvalue weighted by Crippen LogP contribution is 2.09. The Morgan fingerprint density at radius 2 is 1.60 bits per heavy atom. The van der Waals surface area contributed by atoms with Gasteiger partial charge in [-0.1, -0.05) is 17.8 Å². The third kappa shape index (κ3) is 2.95. The van der Waals surface area contributed by atoms with Gasteiger partial charge in [0.1, 0.15) is 0 Å². The number of hydrogen-bond donors (Lipinski definition) is 0. The van der Waals surface area contributed by atoms with E-state index >= 15 is 0 Å². The molecule has 0 aliphatic rings. The number of benzene rings is 1. The van der Waals surface area contributed by atoms with Crippen LogP contribution in [0.5, 0.6) is 0 Å². The zero-order valence-corrected chi connectivity index (χ0v) is 9.15. The zero-order valence-electron chi connectivity index (χ0n) is 9.15. The summed E-state index contributed by atoms with van der Waals surface area (Å²) < 4.78 is 0. The summed E-state index contributed by atoms with van der Waals surface area (Å²) in [4.78, 5) is 0. The molecule has 0 aromatic heterocycles. The van der Waals surface area contributed by atoms with Crippen LogP contribution in [0.3, 0.4) is 0 Å². The monoisotopic (exact) mass is 191 g/mol. The summed E-state index contributed by atoms with van der Waals surface area (Å²) in [5.41, 5.74) is 2.66. The van der Waals surface area contributed by atoms with Crippen LogP contribution in [0.2, 0.25) is 0 Å². The lowest BCUT2D eigenvalue weighted by molar-refractivity contribution is 1.53. The highest BCUT2D eigenvalue weighted by molar-refractivity contribution is 5.53. The molecule has 1 aromatic carbocycles. The molecule has 1 aromatic rings. The molecule has 0 atom stereocenters. The molecule has 0 spiro atoms. The van der Waals surface area contributed by atoms with E-state index in [9.17, 15) is 0 Å². The molecular formula is C15H11. The Kier molecular flexibility index (Phi) is 4.09. The van der Waals surface area contributed by atoms with Gasteiger partial charge in [0.15, 0.2) is 0 Å². The minimum absolute atomic E-state index is 0.841. The summed E-state index contributed by atoms with van der Waals surface area (Å²) in [7, 11) is 0. The molecule has 0 amide bonds. The summed E-state index contributed by atoms with van der Waals surface area (Å²) >= 11 is 0. The molecule has 0 N–H and O–H groups in total. The minimum atomic E-state index is 0.841. The van der Waals surface area contributed by atoms with Gasteiger partial charge in [-0.25, -0.2) is 0 Å². The molecule has 0 fully saturated rings. The maximum atomic E-state index is 3.10. The summed E-state index contributed by atoms with van der Waals surface area (Å²) in [6.07, 6.45) is 0. The van der Waals surface area contributed by atoms with Crippen molar-refractivity contribution in [2.75, 3.05) is 0 Å². The Labute approximate surface area is 91.7 Å². The van der Waals surface area contributed by atoms with Crippen molar-refractivity contribution in [3.05, 3.63) is 34.9 Å². The van der Waals surface area contributed by atoms with Crippen LogP contribution in [0.4, 0.5) is 0 Å². The molecule has 71 valence electrons. The largest absolute Gasteiger partial charge is 0.101 e. The summed E-state index contributed by atoms with van der Waals surface area (Å²) in [6, 6.07) is 6.89. The molecule has 0 aliphatic heterocycles. The van der Waals surface area contributed by atoms with Gasteiger partial charge in [0.25, 0.3) is 0 Å². The normalized spacial score (nSPS) is 7.40. The molecule has 0 aliphatic carbocycles. The van der Waals surface area contributed by atoms with E-state index in [1.54, 1.807) is 13.8 Å². The average molecular weight is 191 g/mol. The Morgan fingerprint density at radius 1 is 0.933 bits per heavy atom. The zero-order chi connectivity index (χ0) is 11.1. The fourth-order valence-corrected chi connectivity index (χ4v) is 1.18. The van der Waals surface area contributed by atoms with Gasteiger partial charge in [-0.05, 0) is 32.9 Å². The smallest absolute Gasteiger partial charge is 0.0481 e. The van der Waals surface area contributed by atoms with Crippen molar-refractivity contribution in [1.29, 1.82) is 0 Å². The first kappa shape index (κ1) is 11.0. The van der Waals surface area contributed by atoms with E-state index in [-0.39, 0.29) is 0 Å². The second-order valence-electron chi connectivity index (χ2n) is 2.80. The molecule has 0 saturated heterocycles. The van der Waals surface area contributed by atoms with E-state index in [4.69, 9.17) is 0 Å². The first-order valence-electron chi connectivity index (χ1n) is 4.65. The second-order valence-corrected chi connectivity index (χ2v) is 2.80. The second kappa shape index (κ2) is 5.59. The molecule has 0 nitrogen and oxygen atoms in total. The molecule has 0 bridgehead atoms. The highest BCUT2D eigenvalue weighted by Gasteiger charge is 1.98. The van der Waals surface area contributed by atoms with E-state index in [1.165, 1.54) is 0 Å². The van der Waals surface area contributed by atoms with Gasteiger partial charge in [0.05, 0.1) is 0 Å². The lowest BCUT2D eigenvalue weighted by Gasteiger charge is -1.97. The van der Waals surface area contributed by atoms with Crippen molar-refractivity contribution in [1.82, 2.24) is 0 Å². The van der Waals surface area contributed by atoms with Gasteiger partial charge in [0.2, 0.25) is 0 Å². The van der Waals surface area contributed by atoms with Gasteiger partial charge in [-0.15, -0.1) is 17.8 Å². The van der Waals surface area contributed by atoms with Crippen LogP contribution in [0.25, 0.3) is 0 Å². The summed E-state index contributed by atoms with van der Waals surface area (Å²) in [5.74, 6) is 17.5. The van der Waals surface area contributed by atoms with E-state index in [0.717, 1.165) is 16.7 Å². The van der Waals surface area contributed by atoms with Crippen molar-refractivity contribution >= 4 is 0 Å². The van der Waals surface area contributed by atoms with Crippen LogP contribution in [0, 0.1) is 41.6 Å². The molecule has 0 unspecified atom stereocenters. The van der Waals surface area contributed by atoms with E-state index in [1.807, 2.05) is 19.1 Å². The van der Waals surface area contributed by atoms with Gasteiger partial charge >= 0.3 is 0 Å². The van der Waals surface area contributed by atoms with Gasteiger partial charge in [-0.2, -0.15) is 0 Å².